The van der Waals surface area contributed by atoms with Crippen molar-refractivity contribution < 1.29 is 15.0 Å². The van der Waals surface area contributed by atoms with E-state index in [0.29, 0.717) is 12.2 Å². The minimum Gasteiger partial charge on any atom is -0.396 e. The van der Waals surface area contributed by atoms with E-state index in [1.807, 2.05) is 6.92 Å². The zero-order chi connectivity index (χ0) is 11.0. The molecule has 5 atom stereocenters. The van der Waals surface area contributed by atoms with Crippen LogP contribution in [0.5, 0.6) is 0 Å². The van der Waals surface area contributed by atoms with Crippen LogP contribution in [-0.2, 0) is 4.79 Å². The quantitative estimate of drug-likeness (QED) is 0.681. The molecule has 2 aliphatic carbocycles. The van der Waals surface area contributed by atoms with Gasteiger partial charge in [-0.25, -0.2) is 0 Å². The highest BCUT2D eigenvalue weighted by Crippen LogP contribution is 2.44. The predicted octanol–water partition coefficient (Wildman–Crippen LogP) is 0.981. The van der Waals surface area contributed by atoms with Crippen LogP contribution in [0.4, 0.5) is 0 Å². The molecule has 3 nitrogen and oxygen atoms in total. The van der Waals surface area contributed by atoms with Crippen LogP contribution >= 0.6 is 0 Å². The van der Waals surface area contributed by atoms with Crippen LogP contribution in [0.1, 0.15) is 32.6 Å². The van der Waals surface area contributed by atoms with Gasteiger partial charge in [-0.3, -0.25) is 4.79 Å². The second-order valence-electron chi connectivity index (χ2n) is 5.18. The van der Waals surface area contributed by atoms with Crippen LogP contribution in [0.2, 0.25) is 0 Å². The van der Waals surface area contributed by atoms with Crippen LogP contribution < -0.4 is 0 Å². The summed E-state index contributed by atoms with van der Waals surface area (Å²) in [6.45, 7) is 2.11. The first kappa shape index (κ1) is 11.1. The molecule has 0 bridgehead atoms. The molecule has 2 N–H and O–H groups in total. The SMILES string of the molecule is C[C@H]1CC(=O)[C@H]2CCC[C@H](O)[C@@H]2[C@@H]1CO. The molecule has 0 aromatic heterocycles. The lowest BCUT2D eigenvalue weighted by Gasteiger charge is -2.45. The van der Waals surface area contributed by atoms with Crippen molar-refractivity contribution in [1.82, 2.24) is 0 Å². The Morgan fingerprint density at radius 2 is 2.13 bits per heavy atom. The molecule has 3 heteroatoms. The number of ketones is 1. The second kappa shape index (κ2) is 4.22. The number of hydrogen-bond acceptors (Lipinski definition) is 3. The van der Waals surface area contributed by atoms with Gasteiger partial charge in [0.1, 0.15) is 5.78 Å². The third-order valence-corrected chi connectivity index (χ3v) is 4.30. The van der Waals surface area contributed by atoms with E-state index >= 15 is 0 Å². The average Bonchev–Trinajstić information content (AvgIpc) is 2.20. The molecule has 0 heterocycles. The molecule has 0 amide bonds. The van der Waals surface area contributed by atoms with Crippen LogP contribution in [0.15, 0.2) is 0 Å². The van der Waals surface area contributed by atoms with Crippen molar-refractivity contribution in [3.8, 4) is 0 Å². The number of fused-ring (bicyclic) bond motifs is 1. The lowest BCUT2D eigenvalue weighted by Crippen LogP contribution is -2.48. The molecule has 0 unspecified atom stereocenters. The highest BCUT2D eigenvalue weighted by molar-refractivity contribution is 5.82. The average molecular weight is 212 g/mol. The lowest BCUT2D eigenvalue weighted by molar-refractivity contribution is -0.140. The summed E-state index contributed by atoms with van der Waals surface area (Å²) in [6, 6.07) is 0. The summed E-state index contributed by atoms with van der Waals surface area (Å²) in [5.41, 5.74) is 0. The molecule has 2 fully saturated rings. The highest BCUT2D eigenvalue weighted by atomic mass is 16.3. The van der Waals surface area contributed by atoms with Gasteiger partial charge in [-0.2, -0.15) is 0 Å². The topological polar surface area (TPSA) is 57.5 Å². The third kappa shape index (κ3) is 1.83. The van der Waals surface area contributed by atoms with E-state index < -0.39 is 0 Å². The Bertz CT molecular complexity index is 251. The summed E-state index contributed by atoms with van der Waals surface area (Å²) in [7, 11) is 0. The molecule has 2 rings (SSSR count). The maximum Gasteiger partial charge on any atom is 0.136 e. The Morgan fingerprint density at radius 1 is 1.40 bits per heavy atom. The predicted molar refractivity (Wildman–Crippen MR) is 56.2 cm³/mol. The van der Waals surface area contributed by atoms with Crippen molar-refractivity contribution >= 4 is 5.78 Å². The van der Waals surface area contributed by atoms with E-state index in [4.69, 9.17) is 0 Å². The molecule has 0 aliphatic heterocycles. The minimum absolute atomic E-state index is 0.0139. The third-order valence-electron chi connectivity index (χ3n) is 4.30. The van der Waals surface area contributed by atoms with Gasteiger partial charge in [0, 0.05) is 18.9 Å². The molecule has 2 aliphatic rings. The summed E-state index contributed by atoms with van der Waals surface area (Å²) in [4.78, 5) is 11.9. The number of aliphatic hydroxyl groups excluding tert-OH is 2. The zero-order valence-corrected chi connectivity index (χ0v) is 9.22. The first-order valence-electron chi connectivity index (χ1n) is 5.96. The molecule has 86 valence electrons. The molecular formula is C12H20O3. The van der Waals surface area contributed by atoms with E-state index in [-0.39, 0.29) is 36.4 Å². The largest absolute Gasteiger partial charge is 0.396 e. The Labute approximate surface area is 90.5 Å². The van der Waals surface area contributed by atoms with E-state index in [1.165, 1.54) is 0 Å². The minimum atomic E-state index is -0.382. The molecule has 0 aromatic rings. The molecular weight excluding hydrogens is 192 g/mol. The van der Waals surface area contributed by atoms with Gasteiger partial charge < -0.3 is 10.2 Å². The Hall–Kier alpha value is -0.410. The van der Waals surface area contributed by atoms with Crippen LogP contribution in [-0.4, -0.2) is 28.7 Å². The fraction of sp³-hybridized carbons (Fsp3) is 0.917. The van der Waals surface area contributed by atoms with E-state index in [0.717, 1.165) is 19.3 Å². The van der Waals surface area contributed by atoms with Crippen LogP contribution in [0.25, 0.3) is 0 Å². The maximum atomic E-state index is 11.9. The number of rotatable bonds is 1. The zero-order valence-electron chi connectivity index (χ0n) is 9.22. The van der Waals surface area contributed by atoms with E-state index in [1.54, 1.807) is 0 Å². The standard InChI is InChI=1S/C12H20O3/c1-7-5-11(15)8-3-2-4-10(14)12(8)9(7)6-13/h7-10,12-14H,2-6H2,1H3/t7-,8+,9+,10-,12-/m0/s1. The molecule has 0 spiro atoms. The van der Waals surface area contributed by atoms with Crippen molar-refractivity contribution in [2.75, 3.05) is 6.61 Å². The van der Waals surface area contributed by atoms with Gasteiger partial charge in [-0.15, -0.1) is 0 Å². The van der Waals surface area contributed by atoms with Crippen molar-refractivity contribution in [1.29, 1.82) is 0 Å². The first-order chi connectivity index (χ1) is 7.15. The summed E-state index contributed by atoms with van der Waals surface area (Å²) in [5.74, 6) is 0.664. The fourth-order valence-electron chi connectivity index (χ4n) is 3.46. The molecule has 2 saturated carbocycles. The van der Waals surface area contributed by atoms with Gasteiger partial charge in [0.2, 0.25) is 0 Å². The number of carbonyl (C=O) groups excluding carboxylic acids is 1. The highest BCUT2D eigenvalue weighted by Gasteiger charge is 2.46. The van der Waals surface area contributed by atoms with Gasteiger partial charge in [-0.05, 0) is 30.6 Å². The summed E-state index contributed by atoms with van der Waals surface area (Å²) in [6.07, 6.45) is 2.84. The van der Waals surface area contributed by atoms with Crippen molar-refractivity contribution in [2.24, 2.45) is 23.7 Å². The molecule has 0 radical (unpaired) electrons. The summed E-state index contributed by atoms with van der Waals surface area (Å²) < 4.78 is 0. The number of carbonyl (C=O) groups is 1. The van der Waals surface area contributed by atoms with Gasteiger partial charge in [0.25, 0.3) is 0 Å². The lowest BCUT2D eigenvalue weighted by atomic mass is 9.60. The number of Topliss-reactive ketones (excluding diaryl/α,β-unsaturated/α-hetero) is 1. The van der Waals surface area contributed by atoms with Crippen molar-refractivity contribution in [2.45, 2.75) is 38.7 Å². The van der Waals surface area contributed by atoms with Gasteiger partial charge in [0.15, 0.2) is 0 Å². The molecule has 0 aromatic carbocycles. The number of hydrogen-bond donors (Lipinski definition) is 2. The van der Waals surface area contributed by atoms with Crippen LogP contribution in [0, 0.1) is 23.7 Å². The Balaban J connectivity index is 2.22. The Kier molecular flexibility index (Phi) is 3.12. The summed E-state index contributed by atoms with van der Waals surface area (Å²) in [5, 5.41) is 19.4. The normalized spacial score (nSPS) is 46.3. The second-order valence-corrected chi connectivity index (χ2v) is 5.18. The van der Waals surface area contributed by atoms with E-state index in [2.05, 4.69) is 0 Å². The fourth-order valence-corrected chi connectivity index (χ4v) is 3.46. The first-order valence-corrected chi connectivity index (χ1v) is 5.96. The molecule has 0 saturated heterocycles. The van der Waals surface area contributed by atoms with Gasteiger partial charge in [-0.1, -0.05) is 13.3 Å². The smallest absolute Gasteiger partial charge is 0.136 e. The maximum absolute atomic E-state index is 11.9. The summed E-state index contributed by atoms with van der Waals surface area (Å²) >= 11 is 0. The molecule has 15 heavy (non-hydrogen) atoms. The van der Waals surface area contributed by atoms with Gasteiger partial charge >= 0.3 is 0 Å². The van der Waals surface area contributed by atoms with E-state index in [9.17, 15) is 15.0 Å². The van der Waals surface area contributed by atoms with Crippen molar-refractivity contribution in [3.05, 3.63) is 0 Å². The van der Waals surface area contributed by atoms with Crippen molar-refractivity contribution in [3.63, 3.8) is 0 Å². The van der Waals surface area contributed by atoms with Crippen LogP contribution in [0.3, 0.4) is 0 Å². The number of aliphatic hydroxyl groups is 2. The monoisotopic (exact) mass is 212 g/mol. The van der Waals surface area contributed by atoms with Gasteiger partial charge in [0.05, 0.1) is 6.10 Å². The Morgan fingerprint density at radius 3 is 2.80 bits per heavy atom.